The van der Waals surface area contributed by atoms with E-state index < -0.39 is 0 Å². The summed E-state index contributed by atoms with van der Waals surface area (Å²) in [5.41, 5.74) is 0.0839. The number of nitrogens with one attached hydrogen (secondary N) is 1. The van der Waals surface area contributed by atoms with Crippen LogP contribution in [0, 0.1) is 0 Å². The minimum Gasteiger partial charge on any atom is -0.306 e. The molecule has 0 aliphatic rings. The van der Waals surface area contributed by atoms with Gasteiger partial charge in [-0.15, -0.1) is 10.2 Å². The maximum absolute atomic E-state index is 4.17. The lowest BCUT2D eigenvalue weighted by Crippen LogP contribution is -2.35. The largest absolute Gasteiger partial charge is 0.306 e. The fourth-order valence-corrected chi connectivity index (χ4v) is 2.15. The van der Waals surface area contributed by atoms with Crippen LogP contribution in [0.15, 0.2) is 16.9 Å². The predicted molar refractivity (Wildman–Crippen MR) is 71.3 cm³/mol. The van der Waals surface area contributed by atoms with Crippen LogP contribution in [-0.4, -0.2) is 25.5 Å². The van der Waals surface area contributed by atoms with Gasteiger partial charge in [0.25, 0.3) is 0 Å². The lowest BCUT2D eigenvalue weighted by atomic mass is 10.1. The zero-order valence-electron chi connectivity index (χ0n) is 9.94. The number of rotatable bonds is 3. The highest BCUT2D eigenvalue weighted by atomic mass is 79.9. The van der Waals surface area contributed by atoms with Gasteiger partial charge >= 0.3 is 0 Å². The van der Waals surface area contributed by atoms with Gasteiger partial charge < -0.3 is 5.32 Å². The van der Waals surface area contributed by atoms with Crippen molar-refractivity contribution in [1.29, 1.82) is 0 Å². The van der Waals surface area contributed by atoms with Gasteiger partial charge in [0.05, 0.1) is 17.2 Å². The van der Waals surface area contributed by atoms with Crippen LogP contribution >= 0.6 is 27.3 Å². The third-order valence-corrected chi connectivity index (χ3v) is 3.30. The zero-order valence-corrected chi connectivity index (χ0v) is 12.3. The molecule has 0 aromatic carbocycles. The molecular formula is C10H14BrN5S. The summed E-state index contributed by atoms with van der Waals surface area (Å²) in [5.74, 6) is 0. The molecule has 0 aliphatic carbocycles. The first kappa shape index (κ1) is 12.7. The van der Waals surface area contributed by atoms with Crippen LogP contribution in [0.25, 0.3) is 5.13 Å². The number of nitrogens with zero attached hydrogens (tertiary/aromatic N) is 4. The first-order valence-corrected chi connectivity index (χ1v) is 6.83. The van der Waals surface area contributed by atoms with Crippen molar-refractivity contribution in [3.05, 3.63) is 21.9 Å². The van der Waals surface area contributed by atoms with Crippen molar-refractivity contribution in [2.45, 2.75) is 32.9 Å². The third kappa shape index (κ3) is 3.58. The average Bonchev–Trinajstić information content (AvgIpc) is 2.81. The molecule has 0 radical (unpaired) electrons. The van der Waals surface area contributed by atoms with Crippen LogP contribution < -0.4 is 5.32 Å². The molecule has 0 unspecified atom stereocenters. The second-order valence-corrected chi connectivity index (χ2v) is 6.64. The molecule has 1 N–H and O–H groups in total. The minimum atomic E-state index is 0.0839. The molecule has 0 fully saturated rings. The van der Waals surface area contributed by atoms with E-state index in [0.717, 1.165) is 21.2 Å². The van der Waals surface area contributed by atoms with Crippen molar-refractivity contribution in [2.24, 2.45) is 0 Å². The third-order valence-electron chi connectivity index (χ3n) is 1.97. The maximum Gasteiger partial charge on any atom is 0.232 e. The van der Waals surface area contributed by atoms with Gasteiger partial charge in [0.2, 0.25) is 5.13 Å². The summed E-state index contributed by atoms with van der Waals surface area (Å²) in [6.07, 6.45) is 3.59. The molecule has 2 aromatic rings. The van der Waals surface area contributed by atoms with Gasteiger partial charge in [-0.25, -0.2) is 4.68 Å². The number of hydrogen-bond acceptors (Lipinski definition) is 5. The summed E-state index contributed by atoms with van der Waals surface area (Å²) in [5, 5.41) is 17.5. The van der Waals surface area contributed by atoms with Crippen LogP contribution in [0.4, 0.5) is 0 Å². The van der Waals surface area contributed by atoms with Crippen LogP contribution in [0.2, 0.25) is 0 Å². The molecule has 92 valence electrons. The van der Waals surface area contributed by atoms with E-state index in [9.17, 15) is 0 Å². The van der Waals surface area contributed by atoms with Crippen LogP contribution in [0.1, 0.15) is 25.8 Å². The predicted octanol–water partition coefficient (Wildman–Crippen LogP) is 2.37. The molecule has 0 atom stereocenters. The zero-order chi connectivity index (χ0) is 12.5. The molecule has 7 heteroatoms. The average molecular weight is 316 g/mol. The quantitative estimate of drug-likeness (QED) is 0.944. The van der Waals surface area contributed by atoms with E-state index in [1.807, 2.05) is 6.20 Å². The van der Waals surface area contributed by atoms with Gasteiger partial charge in [-0.3, -0.25) is 0 Å². The Morgan fingerprint density at radius 2 is 2.18 bits per heavy atom. The fraction of sp³-hybridized carbons (Fsp3) is 0.500. The Morgan fingerprint density at radius 3 is 2.76 bits per heavy atom. The van der Waals surface area contributed by atoms with Crippen molar-refractivity contribution in [1.82, 2.24) is 25.3 Å². The van der Waals surface area contributed by atoms with Crippen molar-refractivity contribution >= 4 is 27.3 Å². The van der Waals surface area contributed by atoms with Crippen molar-refractivity contribution < 1.29 is 0 Å². The lowest BCUT2D eigenvalue weighted by Gasteiger charge is -2.19. The van der Waals surface area contributed by atoms with Gasteiger partial charge in [0, 0.05) is 11.7 Å². The van der Waals surface area contributed by atoms with E-state index in [-0.39, 0.29) is 5.54 Å². The second kappa shape index (κ2) is 4.83. The highest BCUT2D eigenvalue weighted by Gasteiger charge is 2.12. The van der Waals surface area contributed by atoms with Gasteiger partial charge in [-0.2, -0.15) is 5.10 Å². The fourth-order valence-electron chi connectivity index (χ4n) is 1.15. The van der Waals surface area contributed by atoms with Crippen molar-refractivity contribution in [3.8, 4) is 5.13 Å². The summed E-state index contributed by atoms with van der Waals surface area (Å²) >= 11 is 4.89. The number of hydrogen-bond donors (Lipinski definition) is 1. The lowest BCUT2D eigenvalue weighted by molar-refractivity contribution is 0.423. The highest BCUT2D eigenvalue weighted by Crippen LogP contribution is 2.17. The Balaban J connectivity index is 2.06. The summed E-state index contributed by atoms with van der Waals surface area (Å²) in [4.78, 5) is 0. The van der Waals surface area contributed by atoms with Crippen molar-refractivity contribution in [2.75, 3.05) is 0 Å². The van der Waals surface area contributed by atoms with Gasteiger partial charge in [-0.05, 0) is 36.7 Å². The summed E-state index contributed by atoms with van der Waals surface area (Å²) < 4.78 is 2.64. The summed E-state index contributed by atoms with van der Waals surface area (Å²) in [6.45, 7) is 7.10. The molecular weight excluding hydrogens is 302 g/mol. The topological polar surface area (TPSA) is 55.6 Å². The first-order valence-electron chi connectivity index (χ1n) is 5.22. The molecule has 2 rings (SSSR count). The number of aromatic nitrogens is 4. The van der Waals surface area contributed by atoms with Crippen LogP contribution in [-0.2, 0) is 6.54 Å². The molecule has 0 amide bonds. The SMILES string of the molecule is CC(C)(C)NCc1nnc(-n2cc(Br)cn2)s1. The Morgan fingerprint density at radius 1 is 1.41 bits per heavy atom. The molecule has 0 aliphatic heterocycles. The molecule has 17 heavy (non-hydrogen) atoms. The Labute approximate surface area is 112 Å². The Kier molecular flexibility index (Phi) is 3.60. The van der Waals surface area contributed by atoms with Crippen LogP contribution in [0.5, 0.6) is 0 Å². The molecule has 5 nitrogen and oxygen atoms in total. The molecule has 0 saturated heterocycles. The van der Waals surface area contributed by atoms with E-state index in [1.54, 1.807) is 10.9 Å². The van der Waals surface area contributed by atoms with E-state index in [2.05, 4.69) is 57.3 Å². The second-order valence-electron chi connectivity index (χ2n) is 4.69. The summed E-state index contributed by atoms with van der Waals surface area (Å²) in [7, 11) is 0. The monoisotopic (exact) mass is 315 g/mol. The van der Waals surface area contributed by atoms with E-state index in [0.29, 0.717) is 0 Å². The highest BCUT2D eigenvalue weighted by molar-refractivity contribution is 9.10. The first-order chi connectivity index (χ1) is 7.94. The molecule has 0 bridgehead atoms. The molecule has 0 saturated carbocycles. The standard InChI is InChI=1S/C10H14BrN5S/c1-10(2,3)12-5-8-14-15-9(17-8)16-6-7(11)4-13-16/h4,6,12H,5H2,1-3H3. The maximum atomic E-state index is 4.17. The van der Waals surface area contributed by atoms with Crippen molar-refractivity contribution in [3.63, 3.8) is 0 Å². The smallest absolute Gasteiger partial charge is 0.232 e. The van der Waals surface area contributed by atoms with E-state index in [4.69, 9.17) is 0 Å². The van der Waals surface area contributed by atoms with E-state index in [1.165, 1.54) is 11.3 Å². The molecule has 2 aromatic heterocycles. The molecule has 2 heterocycles. The van der Waals surface area contributed by atoms with Gasteiger partial charge in [-0.1, -0.05) is 11.3 Å². The Bertz CT molecular complexity index is 499. The normalized spacial score (nSPS) is 12.0. The minimum absolute atomic E-state index is 0.0839. The Hall–Kier alpha value is -0.790. The summed E-state index contributed by atoms with van der Waals surface area (Å²) in [6, 6.07) is 0. The molecule has 0 spiro atoms. The van der Waals surface area contributed by atoms with Crippen LogP contribution in [0.3, 0.4) is 0 Å². The van der Waals surface area contributed by atoms with E-state index >= 15 is 0 Å². The number of halogens is 1. The van der Waals surface area contributed by atoms with Gasteiger partial charge in [0.1, 0.15) is 5.01 Å². The van der Waals surface area contributed by atoms with Gasteiger partial charge in [0.15, 0.2) is 0 Å².